The van der Waals surface area contributed by atoms with E-state index < -0.39 is 0 Å². The highest BCUT2D eigenvalue weighted by Gasteiger charge is 2.44. The Morgan fingerprint density at radius 2 is 2.20 bits per heavy atom. The number of aliphatic imine (C=N–C) groups is 1. The van der Waals surface area contributed by atoms with E-state index in [9.17, 15) is 0 Å². The fourth-order valence-corrected chi connectivity index (χ4v) is 3.08. The number of hydrogen-bond acceptors (Lipinski definition) is 1. The Kier molecular flexibility index (Phi) is 3.76. The molecule has 0 aliphatic heterocycles. The number of benzene rings is 1. The Hall–Kier alpha value is -1.03. The fraction of sp³-hybridized carbons (Fsp3) is 0.562. The van der Waals surface area contributed by atoms with Crippen LogP contribution in [0.25, 0.3) is 0 Å². The van der Waals surface area contributed by atoms with Crippen LogP contribution in [0.15, 0.2) is 33.7 Å². The van der Waals surface area contributed by atoms with Crippen LogP contribution in [-0.2, 0) is 5.41 Å². The highest BCUT2D eigenvalue weighted by molar-refractivity contribution is 9.10. The van der Waals surface area contributed by atoms with Gasteiger partial charge in [0.1, 0.15) is 0 Å². The Bertz CT molecular complexity index is 522. The number of halogens is 1. The van der Waals surface area contributed by atoms with Crippen LogP contribution in [0, 0.1) is 5.92 Å². The van der Waals surface area contributed by atoms with E-state index in [-0.39, 0.29) is 0 Å². The monoisotopic (exact) mass is 335 g/mol. The van der Waals surface area contributed by atoms with Crippen molar-refractivity contribution >= 4 is 21.9 Å². The third kappa shape index (κ3) is 3.00. The van der Waals surface area contributed by atoms with Crippen molar-refractivity contribution in [1.82, 2.24) is 10.6 Å². The van der Waals surface area contributed by atoms with Gasteiger partial charge >= 0.3 is 0 Å². The van der Waals surface area contributed by atoms with Crippen LogP contribution in [0.5, 0.6) is 0 Å². The van der Waals surface area contributed by atoms with E-state index in [1.807, 2.05) is 7.05 Å². The maximum Gasteiger partial charge on any atom is 0.191 e. The predicted octanol–water partition coefficient (Wildman–Crippen LogP) is 3.05. The molecule has 0 heterocycles. The molecule has 3 nitrogen and oxygen atoms in total. The molecule has 4 heteroatoms. The molecule has 3 rings (SSSR count). The van der Waals surface area contributed by atoms with Gasteiger partial charge in [0, 0.05) is 29.5 Å². The zero-order valence-corrected chi connectivity index (χ0v) is 13.7. The Morgan fingerprint density at radius 3 is 2.75 bits per heavy atom. The van der Waals surface area contributed by atoms with Gasteiger partial charge < -0.3 is 10.6 Å². The van der Waals surface area contributed by atoms with Crippen molar-refractivity contribution in [2.75, 3.05) is 13.6 Å². The van der Waals surface area contributed by atoms with Gasteiger partial charge in [0.15, 0.2) is 5.96 Å². The van der Waals surface area contributed by atoms with Crippen molar-refractivity contribution in [3.63, 3.8) is 0 Å². The molecule has 0 radical (unpaired) electrons. The maximum atomic E-state index is 4.33. The Balaban J connectivity index is 1.59. The van der Waals surface area contributed by atoms with Crippen molar-refractivity contribution in [1.29, 1.82) is 0 Å². The largest absolute Gasteiger partial charge is 0.356 e. The molecule has 2 atom stereocenters. The van der Waals surface area contributed by atoms with Gasteiger partial charge in [0.25, 0.3) is 0 Å². The second-order valence-corrected chi connectivity index (χ2v) is 7.10. The average molecular weight is 336 g/mol. The molecule has 0 bridgehead atoms. The Morgan fingerprint density at radius 1 is 1.45 bits per heavy atom. The molecule has 0 spiro atoms. The SMILES string of the molecule is CN=C(NCC1(c2cccc(Br)c2)CC1)NC1CC1C. The summed E-state index contributed by atoms with van der Waals surface area (Å²) in [6.45, 7) is 3.24. The molecule has 0 saturated heterocycles. The molecule has 0 aromatic heterocycles. The van der Waals surface area contributed by atoms with Gasteiger partial charge in [-0.3, -0.25) is 4.99 Å². The Labute approximate surface area is 129 Å². The summed E-state index contributed by atoms with van der Waals surface area (Å²) in [7, 11) is 1.85. The van der Waals surface area contributed by atoms with Gasteiger partial charge in [-0.1, -0.05) is 35.0 Å². The smallest absolute Gasteiger partial charge is 0.191 e. The minimum atomic E-state index is 0.302. The molecule has 20 heavy (non-hydrogen) atoms. The highest BCUT2D eigenvalue weighted by atomic mass is 79.9. The van der Waals surface area contributed by atoms with Gasteiger partial charge in [-0.05, 0) is 42.9 Å². The topological polar surface area (TPSA) is 36.4 Å². The lowest BCUT2D eigenvalue weighted by molar-refractivity contribution is 0.642. The van der Waals surface area contributed by atoms with Crippen molar-refractivity contribution in [2.24, 2.45) is 10.9 Å². The molecule has 2 N–H and O–H groups in total. The third-order valence-electron chi connectivity index (χ3n) is 4.54. The second-order valence-electron chi connectivity index (χ2n) is 6.18. The van der Waals surface area contributed by atoms with Gasteiger partial charge in [-0.25, -0.2) is 0 Å². The van der Waals surface area contributed by atoms with Crippen LogP contribution in [0.1, 0.15) is 31.7 Å². The molecule has 1 aromatic carbocycles. The van der Waals surface area contributed by atoms with Crippen molar-refractivity contribution in [3.05, 3.63) is 34.3 Å². The highest BCUT2D eigenvalue weighted by Crippen LogP contribution is 2.48. The summed E-state index contributed by atoms with van der Waals surface area (Å²) in [5, 5.41) is 6.99. The summed E-state index contributed by atoms with van der Waals surface area (Å²) in [5.41, 5.74) is 1.73. The van der Waals surface area contributed by atoms with E-state index in [0.29, 0.717) is 11.5 Å². The van der Waals surface area contributed by atoms with E-state index in [1.165, 1.54) is 24.8 Å². The number of rotatable bonds is 4. The van der Waals surface area contributed by atoms with E-state index in [2.05, 4.69) is 62.7 Å². The molecule has 2 fully saturated rings. The second kappa shape index (κ2) is 5.40. The molecule has 108 valence electrons. The van der Waals surface area contributed by atoms with Crippen LogP contribution >= 0.6 is 15.9 Å². The van der Waals surface area contributed by atoms with Gasteiger partial charge in [0.2, 0.25) is 0 Å². The minimum Gasteiger partial charge on any atom is -0.356 e. The average Bonchev–Trinajstić information content (AvgIpc) is 3.34. The molecule has 2 saturated carbocycles. The number of guanidine groups is 1. The summed E-state index contributed by atoms with van der Waals surface area (Å²) >= 11 is 3.57. The summed E-state index contributed by atoms with van der Waals surface area (Å²) in [4.78, 5) is 4.33. The van der Waals surface area contributed by atoms with Crippen LogP contribution < -0.4 is 10.6 Å². The van der Waals surface area contributed by atoms with Crippen molar-refractivity contribution < 1.29 is 0 Å². The normalized spacial score (nSPS) is 27.1. The first-order valence-corrected chi connectivity index (χ1v) is 8.15. The van der Waals surface area contributed by atoms with E-state index in [0.717, 1.165) is 22.9 Å². The summed E-state index contributed by atoms with van der Waals surface area (Å²) in [5.74, 6) is 1.73. The molecule has 1 aromatic rings. The zero-order valence-electron chi connectivity index (χ0n) is 12.1. The van der Waals surface area contributed by atoms with Crippen molar-refractivity contribution in [3.8, 4) is 0 Å². The summed E-state index contributed by atoms with van der Waals surface area (Å²) < 4.78 is 1.16. The van der Waals surface area contributed by atoms with E-state index in [4.69, 9.17) is 0 Å². The van der Waals surface area contributed by atoms with Gasteiger partial charge in [-0.2, -0.15) is 0 Å². The van der Waals surface area contributed by atoms with E-state index >= 15 is 0 Å². The lowest BCUT2D eigenvalue weighted by Gasteiger charge is -2.19. The molecule has 0 amide bonds. The predicted molar refractivity (Wildman–Crippen MR) is 87.1 cm³/mol. The van der Waals surface area contributed by atoms with E-state index in [1.54, 1.807) is 0 Å². The lowest BCUT2D eigenvalue weighted by Crippen LogP contribution is -2.42. The standard InChI is InChI=1S/C16H22BrN3/c1-11-8-14(11)20-15(18-2)19-10-16(6-7-16)12-4-3-5-13(17)9-12/h3-5,9,11,14H,6-8,10H2,1-2H3,(H2,18,19,20). The number of nitrogens with zero attached hydrogens (tertiary/aromatic N) is 1. The van der Waals surface area contributed by atoms with Crippen LogP contribution in [0.3, 0.4) is 0 Å². The first-order valence-electron chi connectivity index (χ1n) is 7.36. The van der Waals surface area contributed by atoms with Crippen LogP contribution in [0.4, 0.5) is 0 Å². The quantitative estimate of drug-likeness (QED) is 0.655. The first kappa shape index (κ1) is 13.9. The third-order valence-corrected chi connectivity index (χ3v) is 5.03. The molecular formula is C16H22BrN3. The molecule has 2 aliphatic rings. The van der Waals surface area contributed by atoms with Crippen molar-refractivity contribution in [2.45, 2.75) is 37.6 Å². The molecule has 2 unspecified atom stereocenters. The summed E-state index contributed by atoms with van der Waals surface area (Å²) in [6, 6.07) is 9.30. The molecule has 2 aliphatic carbocycles. The molecular weight excluding hydrogens is 314 g/mol. The van der Waals surface area contributed by atoms with Gasteiger partial charge in [-0.15, -0.1) is 0 Å². The van der Waals surface area contributed by atoms with Gasteiger partial charge in [0.05, 0.1) is 0 Å². The maximum absolute atomic E-state index is 4.33. The van der Waals surface area contributed by atoms with Crippen LogP contribution in [0.2, 0.25) is 0 Å². The summed E-state index contributed by atoms with van der Waals surface area (Å²) in [6.07, 6.45) is 3.78. The number of nitrogens with one attached hydrogen (secondary N) is 2. The fourth-order valence-electron chi connectivity index (χ4n) is 2.68. The zero-order chi connectivity index (χ0) is 14.2. The lowest BCUT2D eigenvalue weighted by atomic mass is 9.96. The first-order chi connectivity index (χ1) is 9.63. The van der Waals surface area contributed by atoms with Crippen LogP contribution in [-0.4, -0.2) is 25.6 Å². The minimum absolute atomic E-state index is 0.302. The number of hydrogen-bond donors (Lipinski definition) is 2.